The van der Waals surface area contributed by atoms with Gasteiger partial charge in [-0.1, -0.05) is 79.1 Å². The molecule has 0 N–H and O–H groups in total. The molecule has 0 aromatic rings. The lowest BCUT2D eigenvalue weighted by Crippen LogP contribution is -2.25. The Kier molecular flexibility index (Phi) is 9.65. The highest BCUT2D eigenvalue weighted by Gasteiger charge is 2.29. The van der Waals surface area contributed by atoms with Crippen LogP contribution in [0.3, 0.4) is 0 Å². The van der Waals surface area contributed by atoms with Crippen LogP contribution in [0.1, 0.15) is 105 Å². The van der Waals surface area contributed by atoms with Crippen molar-refractivity contribution < 1.29 is 0 Å². The van der Waals surface area contributed by atoms with Crippen LogP contribution in [-0.2, 0) is 0 Å². The lowest BCUT2D eigenvalue weighted by molar-refractivity contribution is 0.144. The second-order valence-corrected chi connectivity index (χ2v) is 8.08. The predicted octanol–water partition coefficient (Wildman–Crippen LogP) is 7.23. The highest BCUT2D eigenvalue weighted by atomic mass is 14.3. The van der Waals surface area contributed by atoms with Crippen LogP contribution < -0.4 is 0 Å². The van der Waals surface area contributed by atoms with Crippen molar-refractivity contribution in [2.24, 2.45) is 23.7 Å². The summed E-state index contributed by atoms with van der Waals surface area (Å²) in [4.78, 5) is 0. The topological polar surface area (TPSA) is 0 Å². The fourth-order valence-electron chi connectivity index (χ4n) is 4.16. The van der Waals surface area contributed by atoms with Gasteiger partial charge in [0.05, 0.1) is 0 Å². The summed E-state index contributed by atoms with van der Waals surface area (Å²) in [6.45, 7) is 9.49. The Morgan fingerprint density at radius 3 is 2.00 bits per heavy atom. The lowest BCUT2D eigenvalue weighted by atomic mass is 9.69. The molecule has 0 spiro atoms. The van der Waals surface area contributed by atoms with E-state index in [9.17, 15) is 0 Å². The van der Waals surface area contributed by atoms with E-state index in [1.807, 2.05) is 0 Å². The van der Waals surface area contributed by atoms with Gasteiger partial charge in [-0.25, -0.2) is 0 Å². The van der Waals surface area contributed by atoms with Crippen molar-refractivity contribution in [1.82, 2.24) is 0 Å². The smallest absolute Gasteiger partial charge is 0.0406 e. The zero-order chi connectivity index (χ0) is 14.8. The van der Waals surface area contributed by atoms with Gasteiger partial charge in [-0.3, -0.25) is 0 Å². The molecule has 1 fully saturated rings. The minimum Gasteiger partial charge on any atom is -0.0654 e. The van der Waals surface area contributed by atoms with Crippen molar-refractivity contribution >= 4 is 0 Å². The molecule has 0 amide bonds. The van der Waals surface area contributed by atoms with Gasteiger partial charge in [0.1, 0.15) is 0 Å². The van der Waals surface area contributed by atoms with Gasteiger partial charge < -0.3 is 0 Å². The first-order valence-electron chi connectivity index (χ1n) is 9.61. The van der Waals surface area contributed by atoms with E-state index in [2.05, 4.69) is 27.7 Å². The van der Waals surface area contributed by atoms with Gasteiger partial charge >= 0.3 is 0 Å². The van der Waals surface area contributed by atoms with Gasteiger partial charge in [-0.2, -0.15) is 0 Å². The third kappa shape index (κ3) is 8.32. The van der Waals surface area contributed by atoms with Crippen LogP contribution in [0.2, 0.25) is 0 Å². The van der Waals surface area contributed by atoms with Crippen molar-refractivity contribution in [3.05, 3.63) is 0 Å². The molecule has 1 atom stereocenters. The minimum atomic E-state index is 0.883. The Labute approximate surface area is 129 Å². The highest BCUT2D eigenvalue weighted by molar-refractivity contribution is 4.80. The molecule has 20 heavy (non-hydrogen) atoms. The maximum atomic E-state index is 2.46. The van der Waals surface area contributed by atoms with Crippen LogP contribution in [0.25, 0.3) is 0 Å². The van der Waals surface area contributed by atoms with E-state index in [0.29, 0.717) is 0 Å². The van der Waals surface area contributed by atoms with E-state index in [-0.39, 0.29) is 0 Å². The molecule has 0 radical (unpaired) electrons. The van der Waals surface area contributed by atoms with Gasteiger partial charge in [-0.05, 0) is 49.4 Å². The molecule has 1 unspecified atom stereocenters. The summed E-state index contributed by atoms with van der Waals surface area (Å²) in [7, 11) is 0. The fraction of sp³-hybridized carbons (Fsp3) is 1.00. The Hall–Kier alpha value is 0. The highest BCUT2D eigenvalue weighted by Crippen LogP contribution is 2.41. The maximum absolute atomic E-state index is 2.46. The molecule has 0 heterocycles. The molecule has 0 aromatic heterocycles. The summed E-state index contributed by atoms with van der Waals surface area (Å²) in [6, 6.07) is 0. The van der Waals surface area contributed by atoms with Gasteiger partial charge in [0.2, 0.25) is 0 Å². The number of unbranched alkanes of at least 4 members (excludes halogenated alkanes) is 6. The monoisotopic (exact) mass is 280 g/mol. The molecule has 0 aliphatic heterocycles. The third-order valence-corrected chi connectivity index (χ3v) is 5.16. The van der Waals surface area contributed by atoms with Crippen molar-refractivity contribution in [3.63, 3.8) is 0 Å². The molecule has 1 aliphatic carbocycles. The largest absolute Gasteiger partial charge is 0.0654 e. The summed E-state index contributed by atoms with van der Waals surface area (Å²) in [6.07, 6.45) is 17.8. The Morgan fingerprint density at radius 2 is 1.40 bits per heavy atom. The molecule has 0 aromatic carbocycles. The van der Waals surface area contributed by atoms with E-state index < -0.39 is 0 Å². The van der Waals surface area contributed by atoms with E-state index in [4.69, 9.17) is 0 Å². The second-order valence-electron chi connectivity index (χ2n) is 8.08. The zero-order valence-electron chi connectivity index (χ0n) is 14.8. The van der Waals surface area contributed by atoms with Crippen molar-refractivity contribution in [3.8, 4) is 0 Å². The van der Waals surface area contributed by atoms with Crippen LogP contribution in [0.15, 0.2) is 0 Å². The predicted molar refractivity (Wildman–Crippen MR) is 92.1 cm³/mol. The Bertz CT molecular complexity index is 212. The Balaban J connectivity index is 1.87. The van der Waals surface area contributed by atoms with Gasteiger partial charge in [-0.15, -0.1) is 0 Å². The molecule has 0 saturated heterocycles. The van der Waals surface area contributed by atoms with E-state index in [1.54, 1.807) is 12.8 Å². The summed E-state index contributed by atoms with van der Waals surface area (Å²) in [5, 5.41) is 0. The average Bonchev–Trinajstić information content (AvgIpc) is 2.33. The van der Waals surface area contributed by atoms with Crippen LogP contribution in [0.5, 0.6) is 0 Å². The van der Waals surface area contributed by atoms with Crippen molar-refractivity contribution in [1.29, 1.82) is 0 Å². The average molecular weight is 281 g/mol. The summed E-state index contributed by atoms with van der Waals surface area (Å²) < 4.78 is 0. The molecule has 0 bridgehead atoms. The number of hydrogen-bond donors (Lipinski definition) is 0. The molecule has 1 rings (SSSR count). The lowest BCUT2D eigenvalue weighted by Gasteiger charge is -2.37. The van der Waals surface area contributed by atoms with E-state index >= 15 is 0 Å². The van der Waals surface area contributed by atoms with E-state index in [1.165, 1.54) is 64.2 Å². The van der Waals surface area contributed by atoms with Crippen molar-refractivity contribution in [2.75, 3.05) is 0 Å². The van der Waals surface area contributed by atoms with Gasteiger partial charge in [0.25, 0.3) is 0 Å². The molecule has 0 nitrogen and oxygen atoms in total. The first kappa shape index (κ1) is 18.1. The minimum absolute atomic E-state index is 0.883. The molecule has 0 heteroatoms. The molecular weight excluding hydrogens is 240 g/mol. The first-order chi connectivity index (χ1) is 9.61. The normalized spacial score (nSPS) is 23.9. The standard InChI is InChI=1S/C20H40/c1-5-6-7-8-9-10-11-12-19-15-20(16-19)14-18(4)13-17(2)3/h17-20H,5-16H2,1-4H3. The summed E-state index contributed by atoms with van der Waals surface area (Å²) >= 11 is 0. The number of hydrogen-bond acceptors (Lipinski definition) is 0. The van der Waals surface area contributed by atoms with Gasteiger partial charge in [0, 0.05) is 0 Å². The molecule has 120 valence electrons. The third-order valence-electron chi connectivity index (χ3n) is 5.16. The SMILES string of the molecule is CCCCCCCCCC1CC(CC(C)CC(C)C)C1. The number of rotatable bonds is 12. The summed E-state index contributed by atoms with van der Waals surface area (Å²) in [5.41, 5.74) is 0. The van der Waals surface area contributed by atoms with Crippen LogP contribution in [-0.4, -0.2) is 0 Å². The van der Waals surface area contributed by atoms with Crippen LogP contribution in [0, 0.1) is 23.7 Å². The maximum Gasteiger partial charge on any atom is -0.0406 e. The fourth-order valence-corrected chi connectivity index (χ4v) is 4.16. The second kappa shape index (κ2) is 10.7. The molecule has 1 aliphatic rings. The zero-order valence-corrected chi connectivity index (χ0v) is 14.8. The van der Waals surface area contributed by atoms with Gasteiger partial charge in [0.15, 0.2) is 0 Å². The van der Waals surface area contributed by atoms with Crippen LogP contribution in [0.4, 0.5) is 0 Å². The Morgan fingerprint density at radius 1 is 0.800 bits per heavy atom. The molecule has 1 saturated carbocycles. The van der Waals surface area contributed by atoms with Crippen LogP contribution >= 0.6 is 0 Å². The van der Waals surface area contributed by atoms with E-state index in [0.717, 1.165) is 23.7 Å². The summed E-state index contributed by atoms with van der Waals surface area (Å²) in [5.74, 6) is 4.02. The first-order valence-corrected chi connectivity index (χ1v) is 9.61. The van der Waals surface area contributed by atoms with Crippen molar-refractivity contribution in [2.45, 2.75) is 105 Å². The quantitative estimate of drug-likeness (QED) is 0.331. The molecular formula is C20H40.